The van der Waals surface area contributed by atoms with E-state index in [-0.39, 0.29) is 23.2 Å². The number of likely N-dealkylation sites (N-methyl/N-ethyl adjacent to an activating group) is 1. The molecule has 0 heterocycles. The zero-order valence-corrected chi connectivity index (χ0v) is 15.2. The second kappa shape index (κ2) is 8.13. The molecule has 0 aromatic heterocycles. The van der Waals surface area contributed by atoms with Crippen molar-refractivity contribution < 1.29 is 9.72 Å². The number of carbonyl (C=O) groups excluding carboxylic acids is 1. The average Bonchev–Trinajstić information content (AvgIpc) is 2.61. The van der Waals surface area contributed by atoms with Crippen LogP contribution in [0, 0.1) is 17.0 Å². The zero-order valence-electron chi connectivity index (χ0n) is 14.4. The van der Waals surface area contributed by atoms with Crippen molar-refractivity contribution in [1.82, 2.24) is 4.90 Å². The monoisotopic (exact) mass is 359 g/mol. The molecule has 6 nitrogen and oxygen atoms in total. The molecule has 2 rings (SSSR count). The Kier molecular flexibility index (Phi) is 6.17. The van der Waals surface area contributed by atoms with Gasteiger partial charge in [0.25, 0.3) is 11.6 Å². The molecule has 0 saturated carbocycles. The van der Waals surface area contributed by atoms with E-state index in [0.717, 1.165) is 10.5 Å². The zero-order chi connectivity index (χ0) is 18.6. The maximum atomic E-state index is 12.5. The molecule has 25 heavy (non-hydrogen) atoms. The Morgan fingerprint density at radius 1 is 1.28 bits per heavy atom. The second-order valence-electron chi connectivity index (χ2n) is 5.86. The normalized spacial score (nSPS) is 11.8. The van der Waals surface area contributed by atoms with Gasteiger partial charge < -0.3 is 10.6 Å². The Morgan fingerprint density at radius 3 is 2.48 bits per heavy atom. The number of nitro benzene ring substituents is 1. The third-order valence-corrected chi connectivity index (χ3v) is 5.05. The van der Waals surface area contributed by atoms with Crippen LogP contribution in [0.5, 0.6) is 0 Å². The van der Waals surface area contributed by atoms with Gasteiger partial charge in [0.1, 0.15) is 0 Å². The first-order chi connectivity index (χ1) is 11.8. The van der Waals surface area contributed by atoms with Gasteiger partial charge in [-0.15, -0.1) is 0 Å². The molecule has 132 valence electrons. The molecule has 2 aromatic carbocycles. The first kappa shape index (κ1) is 19.0. The minimum absolute atomic E-state index is 0.0785. The van der Waals surface area contributed by atoms with Gasteiger partial charge in [-0.05, 0) is 38.1 Å². The van der Waals surface area contributed by atoms with Crippen molar-refractivity contribution in [2.45, 2.75) is 29.7 Å². The van der Waals surface area contributed by atoms with Crippen LogP contribution in [-0.2, 0) is 0 Å². The van der Waals surface area contributed by atoms with Crippen LogP contribution in [0.15, 0.2) is 52.3 Å². The lowest BCUT2D eigenvalue weighted by molar-refractivity contribution is -0.387. The Labute approximate surface area is 151 Å². The van der Waals surface area contributed by atoms with Gasteiger partial charge in [0.05, 0.1) is 9.82 Å². The van der Waals surface area contributed by atoms with Gasteiger partial charge >= 0.3 is 0 Å². The molecule has 0 aliphatic rings. The van der Waals surface area contributed by atoms with Crippen molar-refractivity contribution >= 4 is 23.4 Å². The minimum Gasteiger partial charge on any atom is -0.338 e. The summed E-state index contributed by atoms with van der Waals surface area (Å²) in [6, 6.07) is 12.2. The summed E-state index contributed by atoms with van der Waals surface area (Å²) in [4.78, 5) is 26.4. The fraction of sp³-hybridized carbons (Fsp3) is 0.278. The van der Waals surface area contributed by atoms with Crippen LogP contribution in [0.3, 0.4) is 0 Å². The number of aryl methyl sites for hydroxylation is 1. The van der Waals surface area contributed by atoms with E-state index in [1.165, 1.54) is 22.7 Å². The Morgan fingerprint density at radius 2 is 1.92 bits per heavy atom. The highest BCUT2D eigenvalue weighted by Crippen LogP contribution is 2.35. The summed E-state index contributed by atoms with van der Waals surface area (Å²) in [5.74, 6) is -0.284. The first-order valence-electron chi connectivity index (χ1n) is 7.83. The quantitative estimate of drug-likeness (QED) is 0.630. The Balaban J connectivity index is 2.32. The van der Waals surface area contributed by atoms with Crippen LogP contribution < -0.4 is 5.73 Å². The molecule has 0 aliphatic heterocycles. The lowest BCUT2D eigenvalue weighted by Crippen LogP contribution is -2.39. The van der Waals surface area contributed by atoms with Crippen molar-refractivity contribution in [3.8, 4) is 0 Å². The number of carbonyl (C=O) groups is 1. The number of rotatable bonds is 6. The molecule has 7 heteroatoms. The number of nitrogens with two attached hydrogens (primary N) is 1. The third kappa shape index (κ3) is 4.58. The number of nitrogens with zero attached hydrogens (tertiary/aromatic N) is 2. The molecule has 0 aliphatic carbocycles. The summed E-state index contributed by atoms with van der Waals surface area (Å²) in [5, 5.41) is 11.4. The van der Waals surface area contributed by atoms with E-state index in [2.05, 4.69) is 0 Å². The number of amides is 1. The van der Waals surface area contributed by atoms with Gasteiger partial charge in [-0.1, -0.05) is 29.5 Å². The van der Waals surface area contributed by atoms with E-state index < -0.39 is 4.92 Å². The number of benzene rings is 2. The highest BCUT2D eigenvalue weighted by molar-refractivity contribution is 7.99. The van der Waals surface area contributed by atoms with Gasteiger partial charge in [0, 0.05) is 36.2 Å². The molecule has 0 saturated heterocycles. The maximum absolute atomic E-state index is 12.5. The van der Waals surface area contributed by atoms with E-state index in [4.69, 9.17) is 5.73 Å². The largest absolute Gasteiger partial charge is 0.338 e. The van der Waals surface area contributed by atoms with Crippen LogP contribution in [-0.4, -0.2) is 35.4 Å². The Hall–Kier alpha value is -2.38. The summed E-state index contributed by atoms with van der Waals surface area (Å²) < 4.78 is 0. The summed E-state index contributed by atoms with van der Waals surface area (Å²) in [7, 11) is 1.64. The molecular formula is C18H21N3O3S. The van der Waals surface area contributed by atoms with Gasteiger partial charge in [-0.2, -0.15) is 0 Å². The number of nitro groups is 1. The van der Waals surface area contributed by atoms with E-state index in [0.29, 0.717) is 11.4 Å². The molecular weight excluding hydrogens is 338 g/mol. The van der Waals surface area contributed by atoms with Crippen LogP contribution in [0.2, 0.25) is 0 Å². The predicted molar refractivity (Wildman–Crippen MR) is 99.0 cm³/mol. The van der Waals surface area contributed by atoms with Crippen LogP contribution in [0.1, 0.15) is 22.8 Å². The van der Waals surface area contributed by atoms with Crippen LogP contribution in [0.4, 0.5) is 5.69 Å². The standard InChI is InChI=1S/C18H21N3O3S/c1-12-4-7-15(8-5-12)25-17-9-6-14(10-16(17)21(23)24)18(22)20(3)13(2)11-19/h4-10,13H,11,19H2,1-3H3. The lowest BCUT2D eigenvalue weighted by atomic mass is 10.1. The molecule has 0 fully saturated rings. The van der Waals surface area contributed by atoms with E-state index in [1.54, 1.807) is 19.2 Å². The second-order valence-corrected chi connectivity index (χ2v) is 6.97. The lowest BCUT2D eigenvalue weighted by Gasteiger charge is -2.23. The van der Waals surface area contributed by atoms with Crippen molar-refractivity contribution in [3.05, 3.63) is 63.7 Å². The van der Waals surface area contributed by atoms with Gasteiger partial charge in [-0.25, -0.2) is 0 Å². The molecule has 2 aromatic rings. The van der Waals surface area contributed by atoms with E-state index in [1.807, 2.05) is 38.1 Å². The van der Waals surface area contributed by atoms with E-state index >= 15 is 0 Å². The summed E-state index contributed by atoms with van der Waals surface area (Å²) in [6.07, 6.45) is 0. The minimum atomic E-state index is -0.459. The van der Waals surface area contributed by atoms with Crippen LogP contribution >= 0.6 is 11.8 Å². The molecule has 2 N–H and O–H groups in total. The predicted octanol–water partition coefficient (Wildman–Crippen LogP) is 3.47. The average molecular weight is 359 g/mol. The maximum Gasteiger partial charge on any atom is 0.284 e. The molecule has 0 bridgehead atoms. The molecule has 1 amide bonds. The fourth-order valence-electron chi connectivity index (χ4n) is 2.17. The molecule has 1 atom stereocenters. The van der Waals surface area contributed by atoms with Crippen molar-refractivity contribution in [1.29, 1.82) is 0 Å². The summed E-state index contributed by atoms with van der Waals surface area (Å²) in [5.41, 5.74) is 6.91. The molecule has 1 unspecified atom stereocenters. The van der Waals surface area contributed by atoms with E-state index in [9.17, 15) is 14.9 Å². The summed E-state index contributed by atoms with van der Waals surface area (Å²) >= 11 is 1.30. The van der Waals surface area contributed by atoms with Crippen molar-refractivity contribution in [3.63, 3.8) is 0 Å². The highest BCUT2D eigenvalue weighted by atomic mass is 32.2. The van der Waals surface area contributed by atoms with Crippen molar-refractivity contribution in [2.24, 2.45) is 5.73 Å². The van der Waals surface area contributed by atoms with Gasteiger partial charge in [0.15, 0.2) is 0 Å². The first-order valence-corrected chi connectivity index (χ1v) is 8.65. The van der Waals surface area contributed by atoms with Crippen molar-refractivity contribution in [2.75, 3.05) is 13.6 Å². The van der Waals surface area contributed by atoms with Crippen LogP contribution in [0.25, 0.3) is 0 Å². The number of hydrogen-bond acceptors (Lipinski definition) is 5. The third-order valence-electron chi connectivity index (χ3n) is 3.97. The number of hydrogen-bond donors (Lipinski definition) is 1. The highest BCUT2D eigenvalue weighted by Gasteiger charge is 2.22. The fourth-order valence-corrected chi connectivity index (χ4v) is 3.07. The smallest absolute Gasteiger partial charge is 0.284 e. The molecule has 0 radical (unpaired) electrons. The van der Waals surface area contributed by atoms with Gasteiger partial charge in [0.2, 0.25) is 0 Å². The Bertz CT molecular complexity index is 778. The SMILES string of the molecule is Cc1ccc(Sc2ccc(C(=O)N(C)C(C)CN)cc2[N+](=O)[O-])cc1. The summed E-state index contributed by atoms with van der Waals surface area (Å²) in [6.45, 7) is 4.13. The molecule has 0 spiro atoms. The van der Waals surface area contributed by atoms with Gasteiger partial charge in [-0.3, -0.25) is 14.9 Å². The topological polar surface area (TPSA) is 89.5 Å².